The van der Waals surface area contributed by atoms with Gasteiger partial charge in [-0.1, -0.05) is 0 Å². The number of likely N-dealkylation sites (N-methyl/N-ethyl adjacent to an activating group) is 1. The Morgan fingerprint density at radius 1 is 1.35 bits per heavy atom. The van der Waals surface area contributed by atoms with Crippen molar-refractivity contribution in [2.24, 2.45) is 7.05 Å². The molecule has 4 heteroatoms. The van der Waals surface area contributed by atoms with Gasteiger partial charge in [0, 0.05) is 32.1 Å². The molecule has 1 unspecified atom stereocenters. The van der Waals surface area contributed by atoms with E-state index in [0.29, 0.717) is 0 Å². The van der Waals surface area contributed by atoms with Crippen molar-refractivity contribution in [3.63, 3.8) is 0 Å². The van der Waals surface area contributed by atoms with Crippen LogP contribution < -0.4 is 5.32 Å². The molecule has 4 nitrogen and oxygen atoms in total. The van der Waals surface area contributed by atoms with Crippen molar-refractivity contribution < 1.29 is 0 Å². The fourth-order valence-corrected chi connectivity index (χ4v) is 1.88. The first-order valence-corrected chi connectivity index (χ1v) is 5.76. The molecule has 1 atom stereocenters. The van der Waals surface area contributed by atoms with Gasteiger partial charge in [-0.05, 0) is 31.7 Å². The van der Waals surface area contributed by atoms with Crippen LogP contribution in [0.4, 0.5) is 0 Å². The smallest absolute Gasteiger partial charge is 0.110 e. The molecule has 0 aliphatic carbocycles. The van der Waals surface area contributed by atoms with Crippen LogP contribution in [-0.4, -0.2) is 21.6 Å². The van der Waals surface area contributed by atoms with Crippen LogP contribution in [0.2, 0.25) is 0 Å². The lowest BCUT2D eigenvalue weighted by Crippen LogP contribution is -2.21. The molecule has 0 fully saturated rings. The molecule has 2 heterocycles. The summed E-state index contributed by atoms with van der Waals surface area (Å²) < 4.78 is 2.04. The van der Waals surface area contributed by atoms with Gasteiger partial charge in [-0.15, -0.1) is 0 Å². The molecule has 90 valence electrons. The predicted molar refractivity (Wildman–Crippen MR) is 67.7 cm³/mol. The third kappa shape index (κ3) is 2.71. The lowest BCUT2D eigenvalue weighted by molar-refractivity contribution is 0.550. The highest BCUT2D eigenvalue weighted by molar-refractivity contribution is 5.18. The highest BCUT2D eigenvalue weighted by Gasteiger charge is 2.13. The third-order valence-electron chi connectivity index (χ3n) is 2.95. The number of nitrogens with one attached hydrogen (secondary N) is 1. The number of imidazole rings is 1. The van der Waals surface area contributed by atoms with Gasteiger partial charge in [0.25, 0.3) is 0 Å². The van der Waals surface area contributed by atoms with Crippen LogP contribution in [0.1, 0.15) is 23.1 Å². The van der Waals surface area contributed by atoms with Crippen molar-refractivity contribution in [2.75, 3.05) is 7.05 Å². The zero-order chi connectivity index (χ0) is 12.3. The molecule has 2 aromatic rings. The Hall–Kier alpha value is -1.68. The van der Waals surface area contributed by atoms with E-state index in [4.69, 9.17) is 0 Å². The summed E-state index contributed by atoms with van der Waals surface area (Å²) in [5.74, 6) is 1.06. The van der Waals surface area contributed by atoms with Crippen LogP contribution in [0.25, 0.3) is 0 Å². The standard InChI is InChI=1S/C13H18N4/c1-10-4-5-15-12(8-10)11(14-2)9-13-16-6-7-17(13)3/h4-8,11,14H,9H2,1-3H3. The van der Waals surface area contributed by atoms with Crippen molar-refractivity contribution in [3.05, 3.63) is 47.8 Å². The van der Waals surface area contributed by atoms with Crippen molar-refractivity contribution in [2.45, 2.75) is 19.4 Å². The molecule has 2 rings (SSSR count). The van der Waals surface area contributed by atoms with Crippen LogP contribution in [0.5, 0.6) is 0 Å². The van der Waals surface area contributed by atoms with E-state index in [1.54, 1.807) is 0 Å². The Kier molecular flexibility index (Phi) is 3.54. The average Bonchev–Trinajstić information content (AvgIpc) is 2.71. The van der Waals surface area contributed by atoms with Crippen LogP contribution in [-0.2, 0) is 13.5 Å². The molecule has 0 aromatic carbocycles. The number of rotatable bonds is 4. The molecule has 1 N–H and O–H groups in total. The number of aryl methyl sites for hydroxylation is 2. The van der Waals surface area contributed by atoms with Crippen molar-refractivity contribution in [1.82, 2.24) is 19.9 Å². The topological polar surface area (TPSA) is 42.7 Å². The van der Waals surface area contributed by atoms with Gasteiger partial charge in [-0.3, -0.25) is 4.98 Å². The van der Waals surface area contributed by atoms with Gasteiger partial charge in [0.05, 0.1) is 11.7 Å². The van der Waals surface area contributed by atoms with E-state index in [2.05, 4.69) is 28.3 Å². The highest BCUT2D eigenvalue weighted by Crippen LogP contribution is 2.15. The Morgan fingerprint density at radius 3 is 2.76 bits per heavy atom. The van der Waals surface area contributed by atoms with Gasteiger partial charge < -0.3 is 9.88 Å². The number of nitrogens with zero attached hydrogens (tertiary/aromatic N) is 3. The average molecular weight is 230 g/mol. The Balaban J connectivity index is 2.20. The van der Waals surface area contributed by atoms with Crippen molar-refractivity contribution in [3.8, 4) is 0 Å². The monoisotopic (exact) mass is 230 g/mol. The molecule has 0 amide bonds. The largest absolute Gasteiger partial charge is 0.338 e. The van der Waals surface area contributed by atoms with E-state index < -0.39 is 0 Å². The number of hydrogen-bond donors (Lipinski definition) is 1. The van der Waals surface area contributed by atoms with Crippen LogP contribution in [0, 0.1) is 6.92 Å². The first-order valence-electron chi connectivity index (χ1n) is 5.76. The molecule has 0 aliphatic rings. The number of aromatic nitrogens is 3. The second-order valence-corrected chi connectivity index (χ2v) is 4.26. The fraction of sp³-hybridized carbons (Fsp3) is 0.385. The van der Waals surface area contributed by atoms with Gasteiger partial charge in [0.15, 0.2) is 0 Å². The first kappa shape index (κ1) is 11.8. The molecule has 0 aliphatic heterocycles. The van der Waals surface area contributed by atoms with E-state index in [0.717, 1.165) is 17.9 Å². The second-order valence-electron chi connectivity index (χ2n) is 4.26. The summed E-state index contributed by atoms with van der Waals surface area (Å²) in [6, 6.07) is 4.33. The third-order valence-corrected chi connectivity index (χ3v) is 2.95. The zero-order valence-electron chi connectivity index (χ0n) is 10.5. The second kappa shape index (κ2) is 5.10. The Labute approximate surface area is 102 Å². The maximum Gasteiger partial charge on any atom is 0.110 e. The molecule has 0 saturated heterocycles. The Morgan fingerprint density at radius 2 is 2.18 bits per heavy atom. The first-order chi connectivity index (χ1) is 8.20. The van der Waals surface area contributed by atoms with Gasteiger partial charge in [-0.25, -0.2) is 4.98 Å². The summed E-state index contributed by atoms with van der Waals surface area (Å²) in [6.45, 7) is 2.08. The minimum atomic E-state index is 0.205. The van der Waals surface area contributed by atoms with E-state index in [1.165, 1.54) is 5.56 Å². The minimum Gasteiger partial charge on any atom is -0.338 e. The quantitative estimate of drug-likeness (QED) is 0.868. The van der Waals surface area contributed by atoms with E-state index in [1.807, 2.05) is 43.3 Å². The van der Waals surface area contributed by atoms with Crippen LogP contribution >= 0.6 is 0 Å². The van der Waals surface area contributed by atoms with E-state index in [9.17, 15) is 0 Å². The molecule has 17 heavy (non-hydrogen) atoms. The summed E-state index contributed by atoms with van der Waals surface area (Å²) in [4.78, 5) is 8.77. The molecule has 0 saturated carbocycles. The highest BCUT2D eigenvalue weighted by atomic mass is 15.0. The zero-order valence-corrected chi connectivity index (χ0v) is 10.5. The fourth-order valence-electron chi connectivity index (χ4n) is 1.88. The van der Waals surface area contributed by atoms with Crippen molar-refractivity contribution >= 4 is 0 Å². The number of hydrogen-bond acceptors (Lipinski definition) is 3. The lowest BCUT2D eigenvalue weighted by atomic mass is 10.1. The normalized spacial score (nSPS) is 12.6. The molecule has 0 spiro atoms. The summed E-state index contributed by atoms with van der Waals surface area (Å²) in [6.07, 6.45) is 6.49. The van der Waals surface area contributed by atoms with Crippen LogP contribution in [0.3, 0.4) is 0 Å². The molecule has 2 aromatic heterocycles. The predicted octanol–water partition coefficient (Wildman–Crippen LogP) is 1.63. The lowest BCUT2D eigenvalue weighted by Gasteiger charge is -2.15. The number of pyridine rings is 1. The maximum atomic E-state index is 4.42. The van der Waals surface area contributed by atoms with Crippen molar-refractivity contribution in [1.29, 1.82) is 0 Å². The maximum absolute atomic E-state index is 4.42. The summed E-state index contributed by atoms with van der Waals surface area (Å²) >= 11 is 0. The van der Waals surface area contributed by atoms with E-state index in [-0.39, 0.29) is 6.04 Å². The van der Waals surface area contributed by atoms with Crippen LogP contribution in [0.15, 0.2) is 30.7 Å². The summed E-state index contributed by atoms with van der Waals surface area (Å²) in [7, 11) is 3.97. The van der Waals surface area contributed by atoms with Gasteiger partial charge in [-0.2, -0.15) is 0 Å². The summed E-state index contributed by atoms with van der Waals surface area (Å²) in [5.41, 5.74) is 2.30. The van der Waals surface area contributed by atoms with Gasteiger partial charge in [0.2, 0.25) is 0 Å². The Bertz CT molecular complexity index is 490. The van der Waals surface area contributed by atoms with Gasteiger partial charge >= 0.3 is 0 Å². The molecule has 0 bridgehead atoms. The van der Waals surface area contributed by atoms with E-state index >= 15 is 0 Å². The molecular formula is C13H18N4. The minimum absolute atomic E-state index is 0.205. The summed E-state index contributed by atoms with van der Waals surface area (Å²) in [5, 5.41) is 3.30. The molecular weight excluding hydrogens is 212 g/mol. The molecule has 0 radical (unpaired) electrons. The van der Waals surface area contributed by atoms with Gasteiger partial charge in [0.1, 0.15) is 5.82 Å². The SMILES string of the molecule is CNC(Cc1nccn1C)c1cc(C)ccn1.